The van der Waals surface area contributed by atoms with Crippen molar-refractivity contribution in [2.24, 2.45) is 0 Å². The van der Waals surface area contributed by atoms with Crippen LogP contribution in [0.15, 0.2) is 0 Å². The van der Waals surface area contributed by atoms with E-state index >= 15 is 0 Å². The maximum absolute atomic E-state index is 10.9. The van der Waals surface area contributed by atoms with Gasteiger partial charge in [-0.2, -0.15) is 0 Å². The molecule has 2 N–H and O–H groups in total. The van der Waals surface area contributed by atoms with Gasteiger partial charge in [0.2, 0.25) is 0 Å². The van der Waals surface area contributed by atoms with E-state index in [0.717, 1.165) is 13.2 Å². The number of Topliss-reactive ketones (excluding diaryl/α,β-unsaturated/α-hetero) is 2. The number of β-amino-alcohol motifs (C(OH)–C–C–N with tert-alkyl or cyclic N) is 2. The molecule has 0 amide bonds. The number of carbonyl (C=O) groups excluding carboxylic acids is 2. The molecule has 0 radical (unpaired) electrons. The molecule has 0 aromatic carbocycles. The summed E-state index contributed by atoms with van der Waals surface area (Å²) in [5.74, 6) is 0.310. The number of ether oxygens (including phenoxy) is 1. The van der Waals surface area contributed by atoms with Gasteiger partial charge in [-0.05, 0) is 33.2 Å². The van der Waals surface area contributed by atoms with Gasteiger partial charge in [0.05, 0.1) is 31.9 Å². The van der Waals surface area contributed by atoms with Crippen molar-refractivity contribution in [3.05, 3.63) is 0 Å². The molecule has 0 aromatic heterocycles. The van der Waals surface area contributed by atoms with Crippen LogP contribution >= 0.6 is 0 Å². The summed E-state index contributed by atoms with van der Waals surface area (Å²) in [6.07, 6.45) is 0.992. The predicted octanol–water partition coefficient (Wildman–Crippen LogP) is -0.701. The van der Waals surface area contributed by atoms with E-state index in [1.165, 1.54) is 19.8 Å². The molecule has 0 spiro atoms. The first kappa shape index (κ1) is 20.2. The number of nitrogens with zero attached hydrogens (tertiary/aromatic N) is 2. The molecule has 0 aliphatic carbocycles. The zero-order valence-corrected chi connectivity index (χ0v) is 14.4. The average molecular weight is 330 g/mol. The maximum atomic E-state index is 10.9. The highest BCUT2D eigenvalue weighted by Crippen LogP contribution is 2.16. The molecule has 0 bridgehead atoms. The third-order valence-corrected chi connectivity index (χ3v) is 4.06. The van der Waals surface area contributed by atoms with Crippen LogP contribution in [-0.4, -0.2) is 96.3 Å². The zero-order valence-electron chi connectivity index (χ0n) is 14.4. The molecule has 2 aliphatic rings. The molecule has 2 fully saturated rings. The molecule has 0 saturated carbocycles. The van der Waals surface area contributed by atoms with Crippen molar-refractivity contribution in [1.29, 1.82) is 0 Å². The molecule has 3 atom stereocenters. The Morgan fingerprint density at radius 3 is 2.13 bits per heavy atom. The number of ketones is 2. The fourth-order valence-electron chi connectivity index (χ4n) is 3.06. The Labute approximate surface area is 138 Å². The Balaban J connectivity index is 0.000000231. The molecule has 2 aliphatic heterocycles. The minimum Gasteiger partial charge on any atom is -0.389 e. The lowest BCUT2D eigenvalue weighted by molar-refractivity contribution is -0.119. The maximum Gasteiger partial charge on any atom is 0.143 e. The molecular weight excluding hydrogens is 300 g/mol. The highest BCUT2D eigenvalue weighted by atomic mass is 16.5. The number of carbonyl (C=O) groups is 2. The van der Waals surface area contributed by atoms with E-state index in [4.69, 9.17) is 14.9 Å². The van der Waals surface area contributed by atoms with Gasteiger partial charge in [0.1, 0.15) is 11.6 Å². The van der Waals surface area contributed by atoms with E-state index in [1.807, 2.05) is 0 Å². The molecule has 23 heavy (non-hydrogen) atoms. The number of hydrogen-bond acceptors (Lipinski definition) is 7. The third kappa shape index (κ3) is 7.50. The number of rotatable bonds is 6. The summed E-state index contributed by atoms with van der Waals surface area (Å²) >= 11 is 0. The molecule has 2 heterocycles. The molecule has 7 nitrogen and oxygen atoms in total. The topological polar surface area (TPSA) is 90.3 Å². The minimum atomic E-state index is -0.686. The van der Waals surface area contributed by atoms with Crippen molar-refractivity contribution in [3.63, 3.8) is 0 Å². The van der Waals surface area contributed by atoms with Gasteiger partial charge in [0, 0.05) is 26.2 Å². The molecule has 0 unspecified atom stereocenters. The first-order valence-corrected chi connectivity index (χ1v) is 8.13. The van der Waals surface area contributed by atoms with Crippen LogP contribution in [-0.2, 0) is 14.3 Å². The van der Waals surface area contributed by atoms with E-state index in [-0.39, 0.29) is 11.6 Å². The summed E-state index contributed by atoms with van der Waals surface area (Å²) in [5.41, 5.74) is 0. The first-order chi connectivity index (χ1) is 10.8. The van der Waals surface area contributed by atoms with Crippen LogP contribution in [0, 0.1) is 0 Å². The van der Waals surface area contributed by atoms with Crippen LogP contribution in [0.2, 0.25) is 0 Å². The van der Waals surface area contributed by atoms with Gasteiger partial charge in [-0.25, -0.2) is 0 Å². The molecule has 134 valence electrons. The van der Waals surface area contributed by atoms with Gasteiger partial charge in [0.25, 0.3) is 0 Å². The van der Waals surface area contributed by atoms with Crippen molar-refractivity contribution < 1.29 is 24.5 Å². The Morgan fingerprint density at radius 1 is 1.09 bits per heavy atom. The van der Waals surface area contributed by atoms with Gasteiger partial charge in [-0.3, -0.25) is 19.4 Å². The second kappa shape index (κ2) is 10.1. The number of aliphatic hydroxyl groups excluding tert-OH is 2. The van der Waals surface area contributed by atoms with Crippen LogP contribution < -0.4 is 0 Å². The van der Waals surface area contributed by atoms with Crippen molar-refractivity contribution in [3.8, 4) is 0 Å². The molecule has 7 heteroatoms. The fourth-order valence-corrected chi connectivity index (χ4v) is 3.06. The van der Waals surface area contributed by atoms with E-state index in [2.05, 4.69) is 4.90 Å². The highest BCUT2D eigenvalue weighted by Gasteiger charge is 2.29. The van der Waals surface area contributed by atoms with Gasteiger partial charge >= 0.3 is 0 Å². The molecule has 2 rings (SSSR count). The van der Waals surface area contributed by atoms with Gasteiger partial charge in [0.15, 0.2) is 0 Å². The monoisotopic (exact) mass is 330 g/mol. The quantitative estimate of drug-likeness (QED) is 0.665. The smallest absolute Gasteiger partial charge is 0.143 e. The normalized spacial score (nSPS) is 28.5. The summed E-state index contributed by atoms with van der Waals surface area (Å²) in [6, 6.07) is 0.471. The minimum absolute atomic E-state index is 0.0614. The zero-order chi connectivity index (χ0) is 17.4. The second-order valence-corrected chi connectivity index (χ2v) is 6.45. The van der Waals surface area contributed by atoms with Crippen molar-refractivity contribution in [2.75, 3.05) is 46.4 Å². The Kier molecular flexibility index (Phi) is 8.86. The summed E-state index contributed by atoms with van der Waals surface area (Å²) in [4.78, 5) is 25.4. The Bertz CT molecular complexity index is 381. The number of methoxy groups -OCH3 is 1. The van der Waals surface area contributed by atoms with E-state index in [1.54, 1.807) is 18.9 Å². The lowest BCUT2D eigenvalue weighted by Gasteiger charge is -2.21. The molecular formula is C16H30N2O5. The fraction of sp³-hybridized carbons (Fsp3) is 0.875. The average Bonchev–Trinajstić information content (AvgIpc) is 2.97. The van der Waals surface area contributed by atoms with Crippen LogP contribution in [0.4, 0.5) is 0 Å². The largest absolute Gasteiger partial charge is 0.389 e. The van der Waals surface area contributed by atoms with Gasteiger partial charge in [-0.1, -0.05) is 0 Å². The van der Waals surface area contributed by atoms with Crippen LogP contribution in [0.5, 0.6) is 0 Å². The van der Waals surface area contributed by atoms with Crippen molar-refractivity contribution >= 4 is 11.6 Å². The summed E-state index contributed by atoms with van der Waals surface area (Å²) in [5, 5.41) is 18.2. The number of aliphatic hydroxyl groups is 2. The van der Waals surface area contributed by atoms with E-state index in [9.17, 15) is 9.59 Å². The third-order valence-electron chi connectivity index (χ3n) is 4.06. The SMILES string of the molecule is CC(=O)CN1C[C@@H](O)[C@H](O)C1.COC[C@H]1CCCN1CC(C)=O. The van der Waals surface area contributed by atoms with Crippen LogP contribution in [0.3, 0.4) is 0 Å². The lowest BCUT2D eigenvalue weighted by Crippen LogP contribution is -2.36. The number of likely N-dealkylation sites (tertiary alicyclic amines) is 2. The van der Waals surface area contributed by atoms with Gasteiger partial charge < -0.3 is 14.9 Å². The van der Waals surface area contributed by atoms with Crippen LogP contribution in [0.1, 0.15) is 26.7 Å². The summed E-state index contributed by atoms with van der Waals surface area (Å²) in [6.45, 7) is 6.67. The molecule has 0 aromatic rings. The summed E-state index contributed by atoms with van der Waals surface area (Å²) in [7, 11) is 1.71. The molecule has 2 saturated heterocycles. The van der Waals surface area contributed by atoms with Gasteiger partial charge in [-0.15, -0.1) is 0 Å². The Hall–Kier alpha value is -0.860. The van der Waals surface area contributed by atoms with Crippen molar-refractivity contribution in [2.45, 2.75) is 44.9 Å². The van der Waals surface area contributed by atoms with E-state index < -0.39 is 12.2 Å². The lowest BCUT2D eigenvalue weighted by atomic mass is 10.2. The summed E-state index contributed by atoms with van der Waals surface area (Å²) < 4.78 is 5.08. The second-order valence-electron chi connectivity index (χ2n) is 6.45. The van der Waals surface area contributed by atoms with E-state index in [0.29, 0.717) is 32.2 Å². The first-order valence-electron chi connectivity index (χ1n) is 8.13. The standard InChI is InChI=1S/C9H17NO2.C7H13NO3/c1-8(11)6-10-5-3-4-9(10)7-12-2;1-5(9)2-8-3-6(10)7(11)4-8/h9H,3-7H2,1-2H3;6-7,10-11H,2-4H2,1H3/t9-;6-,7-/m11/s1. The van der Waals surface area contributed by atoms with Crippen LogP contribution in [0.25, 0.3) is 0 Å². The number of hydrogen-bond donors (Lipinski definition) is 2. The predicted molar refractivity (Wildman–Crippen MR) is 86.3 cm³/mol. The Morgan fingerprint density at radius 2 is 1.65 bits per heavy atom. The highest BCUT2D eigenvalue weighted by molar-refractivity contribution is 5.78. The van der Waals surface area contributed by atoms with Crippen molar-refractivity contribution in [1.82, 2.24) is 9.80 Å².